The average Bonchev–Trinajstić information content (AvgIpc) is 3.45. The summed E-state index contributed by atoms with van der Waals surface area (Å²) >= 11 is 5.98. The van der Waals surface area contributed by atoms with E-state index in [0.717, 1.165) is 11.1 Å². The highest BCUT2D eigenvalue weighted by molar-refractivity contribution is 7.89. The number of hydrogen-bond acceptors (Lipinski definition) is 8. The quantitative estimate of drug-likeness (QED) is 0.198. The molecule has 0 bridgehead atoms. The molecular weight excluding hydrogens is 646 g/mol. The number of pyridine rings is 1. The third kappa shape index (κ3) is 9.58. The first kappa shape index (κ1) is 36.0. The molecule has 4 rings (SSSR count). The van der Waals surface area contributed by atoms with Gasteiger partial charge in [-0.25, -0.2) is 8.42 Å². The van der Waals surface area contributed by atoms with Crippen molar-refractivity contribution >= 4 is 39.4 Å². The van der Waals surface area contributed by atoms with E-state index in [1.807, 2.05) is 25.1 Å². The van der Waals surface area contributed by atoms with Crippen molar-refractivity contribution in [1.29, 1.82) is 0 Å². The fourth-order valence-corrected chi connectivity index (χ4v) is 7.63. The van der Waals surface area contributed by atoms with E-state index in [2.05, 4.69) is 15.0 Å². The number of hydrogen-bond donors (Lipinski definition) is 4. The fraction of sp³-hybridized carbons (Fsp3) is 0.394. The second-order valence-corrected chi connectivity index (χ2v) is 13.8. The molecule has 4 atom stereocenters. The van der Waals surface area contributed by atoms with Crippen LogP contribution in [0, 0.1) is 20.8 Å². The number of nitrogens with one attached hydrogen (secondary N) is 2. The molecule has 3 aromatic rings. The largest absolute Gasteiger partial charge is 0.480 e. The molecule has 4 unspecified atom stereocenters. The van der Waals surface area contributed by atoms with Gasteiger partial charge in [0.2, 0.25) is 21.8 Å². The van der Waals surface area contributed by atoms with Gasteiger partial charge in [-0.15, -0.1) is 0 Å². The summed E-state index contributed by atoms with van der Waals surface area (Å²) < 4.78 is 34.2. The maximum atomic E-state index is 13.4. The topological polar surface area (TPSA) is 181 Å². The predicted molar refractivity (Wildman–Crippen MR) is 176 cm³/mol. The number of carbonyl (C=O) groups excluding carboxylic acids is 2. The van der Waals surface area contributed by atoms with Crippen molar-refractivity contribution in [3.8, 4) is 0 Å². The van der Waals surface area contributed by atoms with E-state index >= 15 is 0 Å². The molecule has 0 spiro atoms. The maximum Gasteiger partial charge on any atom is 0.323 e. The number of rotatable bonds is 14. The number of aryl methyl sites for hydroxylation is 4. The first-order valence-electron chi connectivity index (χ1n) is 15.2. The minimum Gasteiger partial charge on any atom is -0.480 e. The number of aromatic nitrogens is 1. The Labute approximate surface area is 279 Å². The number of amides is 2. The summed E-state index contributed by atoms with van der Waals surface area (Å²) in [5.41, 5.74) is 9.99. The number of likely N-dealkylation sites (tertiary alicyclic amines) is 1. The third-order valence-electron chi connectivity index (χ3n) is 8.03. The molecule has 1 aliphatic rings. The van der Waals surface area contributed by atoms with Gasteiger partial charge in [-0.2, -0.15) is 4.72 Å². The van der Waals surface area contributed by atoms with E-state index in [4.69, 9.17) is 22.1 Å². The number of carboxylic acid groups (broad SMARTS) is 1. The van der Waals surface area contributed by atoms with Gasteiger partial charge in [-0.3, -0.25) is 19.4 Å². The van der Waals surface area contributed by atoms with Gasteiger partial charge in [0.15, 0.2) is 0 Å². The predicted octanol–water partition coefficient (Wildman–Crippen LogP) is 2.83. The summed E-state index contributed by atoms with van der Waals surface area (Å²) in [5.74, 6) is -2.22. The lowest BCUT2D eigenvalue weighted by molar-refractivity contribution is -0.139. The smallest absolute Gasteiger partial charge is 0.323 e. The van der Waals surface area contributed by atoms with Gasteiger partial charge in [0.1, 0.15) is 12.6 Å². The molecule has 47 heavy (non-hydrogen) atoms. The summed E-state index contributed by atoms with van der Waals surface area (Å²) in [7, 11) is -4.21. The molecule has 1 fully saturated rings. The Hall–Kier alpha value is -3.88. The van der Waals surface area contributed by atoms with Crippen LogP contribution in [-0.2, 0) is 35.6 Å². The lowest BCUT2D eigenvalue weighted by atomic mass is 10.0. The number of carbonyl (C=O) groups is 3. The van der Waals surface area contributed by atoms with Crippen molar-refractivity contribution in [1.82, 2.24) is 19.9 Å². The zero-order chi connectivity index (χ0) is 34.3. The molecule has 1 aliphatic heterocycles. The molecule has 1 saturated heterocycles. The lowest BCUT2D eigenvalue weighted by Crippen LogP contribution is -2.49. The molecular formula is C33H40ClN5O7S. The van der Waals surface area contributed by atoms with Crippen LogP contribution in [0.25, 0.3) is 0 Å². The molecule has 14 heteroatoms. The standard InChI is InChI=1S/C33H40ClN5O7S/c1-20-14-21(2)32(22(3)15-20)47(44,45)38-27(33(42)43)17-37-29(40)19-46-25-16-28(31(35)26-6-4-5-13-36-26)39(18-25)30(41)12-9-23-7-10-24(34)11-8-23/h4-8,10-11,13-15,25,27-28,31,38H,9,12,16-19,35H2,1-3H3,(H,37,40)(H,42,43). The zero-order valence-corrected chi connectivity index (χ0v) is 28.1. The number of sulfonamides is 1. The van der Waals surface area contributed by atoms with Crippen LogP contribution in [0.5, 0.6) is 0 Å². The molecule has 2 amide bonds. The van der Waals surface area contributed by atoms with Crippen LogP contribution in [0.4, 0.5) is 0 Å². The Balaban J connectivity index is 1.36. The molecule has 12 nitrogen and oxygen atoms in total. The zero-order valence-electron chi connectivity index (χ0n) is 26.5. The summed E-state index contributed by atoms with van der Waals surface area (Å²) in [5, 5.41) is 12.7. The van der Waals surface area contributed by atoms with E-state index in [1.54, 1.807) is 61.3 Å². The van der Waals surface area contributed by atoms with Gasteiger partial charge >= 0.3 is 5.97 Å². The maximum absolute atomic E-state index is 13.4. The second kappa shape index (κ2) is 15.8. The Morgan fingerprint density at radius 2 is 1.79 bits per heavy atom. The van der Waals surface area contributed by atoms with Gasteiger partial charge in [-0.05, 0) is 74.6 Å². The number of benzene rings is 2. The van der Waals surface area contributed by atoms with Crippen molar-refractivity contribution in [3.63, 3.8) is 0 Å². The van der Waals surface area contributed by atoms with Crippen LogP contribution in [0.2, 0.25) is 5.02 Å². The second-order valence-electron chi connectivity index (χ2n) is 11.7. The van der Waals surface area contributed by atoms with E-state index in [1.165, 1.54) is 0 Å². The highest BCUT2D eigenvalue weighted by atomic mass is 35.5. The molecule has 1 aromatic heterocycles. The average molecular weight is 686 g/mol. The summed E-state index contributed by atoms with van der Waals surface area (Å²) in [6.07, 6.45) is 2.19. The van der Waals surface area contributed by atoms with Crippen LogP contribution < -0.4 is 15.8 Å². The summed E-state index contributed by atoms with van der Waals surface area (Å²) in [4.78, 5) is 44.1. The first-order valence-corrected chi connectivity index (χ1v) is 17.0. The van der Waals surface area contributed by atoms with Gasteiger partial charge < -0.3 is 25.8 Å². The van der Waals surface area contributed by atoms with E-state index in [9.17, 15) is 27.9 Å². The monoisotopic (exact) mass is 685 g/mol. The fourth-order valence-electron chi connectivity index (χ4n) is 5.87. The lowest BCUT2D eigenvalue weighted by Gasteiger charge is -2.29. The summed E-state index contributed by atoms with van der Waals surface area (Å²) in [6, 6.07) is 13.4. The molecule has 252 valence electrons. The highest BCUT2D eigenvalue weighted by Gasteiger charge is 2.40. The van der Waals surface area contributed by atoms with E-state index in [0.29, 0.717) is 34.7 Å². The van der Waals surface area contributed by atoms with Crippen LogP contribution in [0.3, 0.4) is 0 Å². The Bertz CT molecular complexity index is 1670. The van der Waals surface area contributed by atoms with Crippen molar-refractivity contribution in [2.45, 2.75) is 69.2 Å². The number of ether oxygens (including phenoxy) is 1. The Morgan fingerprint density at radius 1 is 1.11 bits per heavy atom. The SMILES string of the molecule is Cc1cc(C)c(S(=O)(=O)NC(CNC(=O)COC2CC(C(N)c3ccccn3)N(C(=O)CCc3ccc(Cl)cc3)C2)C(=O)O)c(C)c1. The minimum absolute atomic E-state index is 0.00373. The molecule has 2 heterocycles. The van der Waals surface area contributed by atoms with Crippen LogP contribution >= 0.6 is 11.6 Å². The van der Waals surface area contributed by atoms with E-state index in [-0.39, 0.29) is 23.8 Å². The van der Waals surface area contributed by atoms with Crippen LogP contribution in [0.15, 0.2) is 65.7 Å². The Kier molecular flexibility index (Phi) is 12.1. The van der Waals surface area contributed by atoms with Crippen molar-refractivity contribution in [2.75, 3.05) is 19.7 Å². The molecule has 5 N–H and O–H groups in total. The van der Waals surface area contributed by atoms with Gasteiger partial charge in [0.25, 0.3) is 0 Å². The third-order valence-corrected chi connectivity index (χ3v) is 10.1. The molecule has 2 aromatic carbocycles. The number of carboxylic acids is 1. The number of aliphatic carboxylic acids is 1. The van der Waals surface area contributed by atoms with Gasteiger partial charge in [0, 0.05) is 30.7 Å². The van der Waals surface area contributed by atoms with Crippen molar-refractivity contribution < 1.29 is 32.6 Å². The normalized spacial score (nSPS) is 17.7. The van der Waals surface area contributed by atoms with Gasteiger partial charge in [0.05, 0.1) is 28.8 Å². The van der Waals surface area contributed by atoms with Crippen LogP contribution in [0.1, 0.15) is 46.8 Å². The molecule has 0 radical (unpaired) electrons. The number of halogens is 1. The van der Waals surface area contributed by atoms with Crippen molar-refractivity contribution in [3.05, 3.63) is 93.8 Å². The van der Waals surface area contributed by atoms with Crippen LogP contribution in [-0.4, -0.2) is 79.1 Å². The number of nitrogens with two attached hydrogens (primary N) is 1. The van der Waals surface area contributed by atoms with Crippen molar-refractivity contribution in [2.24, 2.45) is 5.73 Å². The summed E-state index contributed by atoms with van der Waals surface area (Å²) in [6.45, 7) is 4.36. The van der Waals surface area contributed by atoms with Gasteiger partial charge in [-0.1, -0.05) is 47.5 Å². The molecule has 0 aliphatic carbocycles. The minimum atomic E-state index is -4.21. The number of nitrogens with zero attached hydrogens (tertiary/aromatic N) is 2. The van der Waals surface area contributed by atoms with E-state index < -0.39 is 59.3 Å². The molecule has 0 saturated carbocycles. The highest BCUT2D eigenvalue weighted by Crippen LogP contribution is 2.30. The first-order chi connectivity index (χ1) is 22.2. The Morgan fingerprint density at radius 3 is 2.40 bits per heavy atom.